The third kappa shape index (κ3) is 6.64. The first-order valence-electron chi connectivity index (χ1n) is 10.4. The Morgan fingerprint density at radius 3 is 2.50 bits per heavy atom. The Bertz CT molecular complexity index is 1240. The molecule has 2 aromatic rings. The molecule has 1 aliphatic heterocycles. The van der Waals surface area contributed by atoms with Gasteiger partial charge in [0.1, 0.15) is 5.70 Å². The third-order valence-corrected chi connectivity index (χ3v) is 6.48. The lowest BCUT2D eigenvalue weighted by atomic mass is 10.0. The van der Waals surface area contributed by atoms with Crippen molar-refractivity contribution >= 4 is 34.1 Å². The number of carboxylic acid groups (broad SMARTS) is 2. The van der Waals surface area contributed by atoms with Gasteiger partial charge in [-0.05, 0) is 23.3 Å². The standard InChI is InChI=1S/C24H25N3O6S/c28-23(29)16-21(24(30)31)27-15-11-20-19(17-27)9-4-10-22(20)34(32,33)26-14-13-25-12-5-8-18-6-2-1-3-7-18/h1-11,15-16,25-26H,12-14,17H2,(H,28,29)(H,30,31). The molecule has 4 N–H and O–H groups in total. The van der Waals surface area contributed by atoms with Gasteiger partial charge in [-0.3, -0.25) is 0 Å². The fourth-order valence-electron chi connectivity index (χ4n) is 3.40. The van der Waals surface area contributed by atoms with E-state index in [0.717, 1.165) is 5.56 Å². The maximum absolute atomic E-state index is 12.9. The van der Waals surface area contributed by atoms with E-state index in [9.17, 15) is 23.1 Å². The first-order chi connectivity index (χ1) is 16.3. The number of hydrogen-bond acceptors (Lipinski definition) is 6. The molecular weight excluding hydrogens is 458 g/mol. The van der Waals surface area contributed by atoms with E-state index < -0.39 is 27.7 Å². The Balaban J connectivity index is 1.60. The van der Waals surface area contributed by atoms with Crippen LogP contribution in [0, 0.1) is 0 Å². The highest BCUT2D eigenvalue weighted by Gasteiger charge is 2.25. The highest BCUT2D eigenvalue weighted by molar-refractivity contribution is 7.89. The number of aliphatic carboxylic acids is 2. The second-order valence-electron chi connectivity index (χ2n) is 7.36. The molecule has 0 fully saturated rings. The number of hydrogen-bond donors (Lipinski definition) is 4. The van der Waals surface area contributed by atoms with Gasteiger partial charge in [0.25, 0.3) is 0 Å². The molecule has 0 aliphatic carbocycles. The lowest BCUT2D eigenvalue weighted by Gasteiger charge is -2.26. The highest BCUT2D eigenvalue weighted by atomic mass is 32.2. The van der Waals surface area contributed by atoms with Crippen molar-refractivity contribution in [1.29, 1.82) is 0 Å². The second kappa shape index (κ2) is 11.4. The van der Waals surface area contributed by atoms with Crippen molar-refractivity contribution < 1.29 is 28.2 Å². The summed E-state index contributed by atoms with van der Waals surface area (Å²) in [6.45, 7) is 1.23. The summed E-state index contributed by atoms with van der Waals surface area (Å²) in [6, 6.07) is 14.5. The molecule has 0 amide bonds. The number of nitrogens with one attached hydrogen (secondary N) is 2. The first-order valence-corrected chi connectivity index (χ1v) is 11.9. The molecule has 10 heteroatoms. The van der Waals surface area contributed by atoms with Crippen LogP contribution in [0.1, 0.15) is 16.7 Å². The number of rotatable bonds is 11. The van der Waals surface area contributed by atoms with Crippen molar-refractivity contribution in [2.24, 2.45) is 0 Å². The molecule has 0 saturated heterocycles. The SMILES string of the molecule is O=C(O)C=C(C(=O)O)N1C=Cc2c(cccc2S(=O)(=O)NCCNCC=Cc2ccccc2)C1. The molecule has 0 aromatic heterocycles. The Hall–Kier alpha value is -3.73. The molecule has 178 valence electrons. The number of sulfonamides is 1. The normalized spacial score (nSPS) is 13.8. The zero-order valence-corrected chi connectivity index (χ0v) is 19.0. The molecule has 0 bridgehead atoms. The zero-order chi connectivity index (χ0) is 24.6. The molecule has 0 radical (unpaired) electrons. The average Bonchev–Trinajstić information content (AvgIpc) is 2.81. The molecule has 0 unspecified atom stereocenters. The van der Waals surface area contributed by atoms with Crippen LogP contribution in [-0.4, -0.2) is 55.1 Å². The smallest absolute Gasteiger partial charge is 0.352 e. The minimum absolute atomic E-state index is 0.0237. The summed E-state index contributed by atoms with van der Waals surface area (Å²) in [7, 11) is -3.81. The summed E-state index contributed by atoms with van der Waals surface area (Å²) in [4.78, 5) is 23.7. The van der Waals surface area contributed by atoms with Crippen molar-refractivity contribution in [3.8, 4) is 0 Å². The molecule has 1 heterocycles. The van der Waals surface area contributed by atoms with Crippen LogP contribution < -0.4 is 10.0 Å². The lowest BCUT2D eigenvalue weighted by Crippen LogP contribution is -2.33. The van der Waals surface area contributed by atoms with E-state index in [-0.39, 0.29) is 18.0 Å². The minimum Gasteiger partial charge on any atom is -0.478 e. The number of carboxylic acids is 2. The summed E-state index contributed by atoms with van der Waals surface area (Å²) >= 11 is 0. The fourth-order valence-corrected chi connectivity index (χ4v) is 4.67. The minimum atomic E-state index is -3.81. The lowest BCUT2D eigenvalue weighted by molar-refractivity contribution is -0.136. The number of benzene rings is 2. The molecule has 9 nitrogen and oxygen atoms in total. The van der Waals surface area contributed by atoms with Gasteiger partial charge in [0.15, 0.2) is 0 Å². The molecule has 34 heavy (non-hydrogen) atoms. The molecule has 0 saturated carbocycles. The van der Waals surface area contributed by atoms with Gasteiger partial charge in [-0.1, -0.05) is 54.6 Å². The molecule has 0 spiro atoms. The van der Waals surface area contributed by atoms with Gasteiger partial charge in [-0.15, -0.1) is 0 Å². The Kier molecular flexibility index (Phi) is 8.36. The third-order valence-electron chi connectivity index (χ3n) is 4.96. The van der Waals surface area contributed by atoms with Gasteiger partial charge in [0, 0.05) is 37.9 Å². The fraction of sp³-hybridized carbons (Fsp3) is 0.167. The van der Waals surface area contributed by atoms with Gasteiger partial charge in [0.05, 0.1) is 11.0 Å². The van der Waals surface area contributed by atoms with E-state index in [1.807, 2.05) is 42.5 Å². The van der Waals surface area contributed by atoms with Crippen molar-refractivity contribution in [1.82, 2.24) is 14.9 Å². The van der Waals surface area contributed by atoms with Crippen LogP contribution in [-0.2, 0) is 26.2 Å². The summed E-state index contributed by atoms with van der Waals surface area (Å²) in [5.41, 5.74) is 1.66. The number of nitrogens with zero attached hydrogens (tertiary/aromatic N) is 1. The van der Waals surface area contributed by atoms with E-state index >= 15 is 0 Å². The molecule has 0 atom stereocenters. The van der Waals surface area contributed by atoms with E-state index in [0.29, 0.717) is 30.3 Å². The van der Waals surface area contributed by atoms with Gasteiger partial charge in [-0.2, -0.15) is 0 Å². The van der Waals surface area contributed by atoms with Crippen molar-refractivity contribution in [2.75, 3.05) is 19.6 Å². The second-order valence-corrected chi connectivity index (χ2v) is 9.10. The summed E-state index contributed by atoms with van der Waals surface area (Å²) < 4.78 is 28.3. The maximum Gasteiger partial charge on any atom is 0.352 e. The summed E-state index contributed by atoms with van der Waals surface area (Å²) in [6.07, 6.45) is 7.37. The average molecular weight is 484 g/mol. The number of carbonyl (C=O) groups is 2. The largest absolute Gasteiger partial charge is 0.478 e. The predicted molar refractivity (Wildman–Crippen MR) is 128 cm³/mol. The molecular formula is C24H25N3O6S. The van der Waals surface area contributed by atoms with Gasteiger partial charge >= 0.3 is 11.9 Å². The quantitative estimate of drug-likeness (QED) is 0.282. The summed E-state index contributed by atoms with van der Waals surface area (Å²) in [5.74, 6) is -2.78. The molecule has 2 aromatic carbocycles. The van der Waals surface area contributed by atoms with Crippen molar-refractivity contribution in [3.05, 3.63) is 89.3 Å². The van der Waals surface area contributed by atoms with Crippen LogP contribution in [0.25, 0.3) is 12.2 Å². The van der Waals surface area contributed by atoms with E-state index in [2.05, 4.69) is 10.0 Å². The van der Waals surface area contributed by atoms with Gasteiger partial charge in [0.2, 0.25) is 10.0 Å². The van der Waals surface area contributed by atoms with Crippen LogP contribution in [0.4, 0.5) is 0 Å². The molecule has 3 rings (SSSR count). The van der Waals surface area contributed by atoms with Gasteiger partial charge < -0.3 is 20.4 Å². The van der Waals surface area contributed by atoms with Crippen molar-refractivity contribution in [2.45, 2.75) is 11.4 Å². The van der Waals surface area contributed by atoms with E-state index in [4.69, 9.17) is 5.11 Å². The Morgan fingerprint density at radius 2 is 1.79 bits per heavy atom. The van der Waals surface area contributed by atoms with E-state index in [1.165, 1.54) is 23.2 Å². The van der Waals surface area contributed by atoms with Crippen LogP contribution in [0.5, 0.6) is 0 Å². The van der Waals surface area contributed by atoms with Crippen LogP contribution >= 0.6 is 0 Å². The predicted octanol–water partition coefficient (Wildman–Crippen LogP) is 2.11. The van der Waals surface area contributed by atoms with E-state index in [1.54, 1.807) is 12.1 Å². The van der Waals surface area contributed by atoms with Crippen molar-refractivity contribution in [3.63, 3.8) is 0 Å². The van der Waals surface area contributed by atoms with Crippen LogP contribution in [0.3, 0.4) is 0 Å². The topological polar surface area (TPSA) is 136 Å². The highest BCUT2D eigenvalue weighted by Crippen LogP contribution is 2.28. The van der Waals surface area contributed by atoms with Crippen LogP contribution in [0.2, 0.25) is 0 Å². The summed E-state index contributed by atoms with van der Waals surface area (Å²) in [5, 5.41) is 21.4. The number of fused-ring (bicyclic) bond motifs is 1. The molecule has 1 aliphatic rings. The monoisotopic (exact) mass is 483 g/mol. The zero-order valence-electron chi connectivity index (χ0n) is 18.2. The Labute approximate surface area is 197 Å². The van der Waals surface area contributed by atoms with Gasteiger partial charge in [-0.25, -0.2) is 22.7 Å². The first kappa shape index (κ1) is 24.9. The van der Waals surface area contributed by atoms with Crippen LogP contribution in [0.15, 0.2) is 77.5 Å². The Morgan fingerprint density at radius 1 is 1.03 bits per heavy atom. The maximum atomic E-state index is 12.9.